The molecule has 0 amide bonds. The first-order chi connectivity index (χ1) is 8.95. The van der Waals surface area contributed by atoms with Crippen molar-refractivity contribution in [1.29, 1.82) is 0 Å². The van der Waals surface area contributed by atoms with Crippen LogP contribution in [-0.4, -0.2) is 6.04 Å². The molecular formula is C15H18F3N. The molecule has 1 aromatic rings. The van der Waals surface area contributed by atoms with Crippen LogP contribution in [0.5, 0.6) is 0 Å². The van der Waals surface area contributed by atoms with E-state index in [0.29, 0.717) is 6.42 Å². The van der Waals surface area contributed by atoms with Gasteiger partial charge < -0.3 is 5.73 Å². The van der Waals surface area contributed by atoms with Gasteiger partial charge in [-0.15, -0.1) is 0 Å². The minimum absolute atomic E-state index is 0.0898. The van der Waals surface area contributed by atoms with Crippen LogP contribution >= 0.6 is 0 Å². The second-order valence-corrected chi connectivity index (χ2v) is 5.11. The highest BCUT2D eigenvalue weighted by Crippen LogP contribution is 2.29. The maximum atomic E-state index is 12.5. The minimum Gasteiger partial charge on any atom is -0.324 e. The topological polar surface area (TPSA) is 26.0 Å². The largest absolute Gasteiger partial charge is 0.416 e. The average Bonchev–Trinajstić information content (AvgIpc) is 2.53. The fourth-order valence-electron chi connectivity index (χ4n) is 2.42. The van der Waals surface area contributed by atoms with Gasteiger partial charge in [-0.2, -0.15) is 13.2 Å². The molecule has 0 aromatic heterocycles. The van der Waals surface area contributed by atoms with E-state index in [1.165, 1.54) is 5.57 Å². The van der Waals surface area contributed by atoms with Gasteiger partial charge in [-0.3, -0.25) is 0 Å². The van der Waals surface area contributed by atoms with Gasteiger partial charge in [0.05, 0.1) is 5.56 Å². The monoisotopic (exact) mass is 269 g/mol. The van der Waals surface area contributed by atoms with Crippen molar-refractivity contribution in [1.82, 2.24) is 0 Å². The van der Waals surface area contributed by atoms with Gasteiger partial charge >= 0.3 is 6.18 Å². The summed E-state index contributed by atoms with van der Waals surface area (Å²) in [6.45, 7) is 0. The number of hydrogen-bond acceptors (Lipinski definition) is 1. The van der Waals surface area contributed by atoms with E-state index in [1.807, 2.05) is 0 Å². The lowest BCUT2D eigenvalue weighted by Crippen LogP contribution is -2.16. The molecule has 1 atom stereocenters. The van der Waals surface area contributed by atoms with E-state index in [4.69, 9.17) is 5.73 Å². The van der Waals surface area contributed by atoms with Gasteiger partial charge in [0.1, 0.15) is 0 Å². The molecule has 0 spiro atoms. The van der Waals surface area contributed by atoms with Crippen molar-refractivity contribution >= 4 is 0 Å². The van der Waals surface area contributed by atoms with Gasteiger partial charge in [0, 0.05) is 6.04 Å². The highest BCUT2D eigenvalue weighted by atomic mass is 19.4. The summed E-state index contributed by atoms with van der Waals surface area (Å²) in [7, 11) is 0. The first-order valence-electron chi connectivity index (χ1n) is 6.56. The van der Waals surface area contributed by atoms with E-state index in [1.54, 1.807) is 12.1 Å². The third-order valence-corrected chi connectivity index (χ3v) is 3.45. The third kappa shape index (κ3) is 4.10. The van der Waals surface area contributed by atoms with Gasteiger partial charge in [0.15, 0.2) is 0 Å². The molecule has 1 aromatic carbocycles. The smallest absolute Gasteiger partial charge is 0.324 e. The molecular weight excluding hydrogens is 251 g/mol. The zero-order valence-corrected chi connectivity index (χ0v) is 10.7. The lowest BCUT2D eigenvalue weighted by Gasteiger charge is -2.09. The van der Waals surface area contributed by atoms with Crippen molar-refractivity contribution in [2.45, 2.75) is 44.3 Å². The van der Waals surface area contributed by atoms with Crippen molar-refractivity contribution in [3.8, 4) is 0 Å². The van der Waals surface area contributed by atoms with Gasteiger partial charge in [-0.1, -0.05) is 30.2 Å². The van der Waals surface area contributed by atoms with Crippen molar-refractivity contribution in [3.05, 3.63) is 47.0 Å². The molecule has 4 heteroatoms. The van der Waals surface area contributed by atoms with Crippen LogP contribution in [0, 0.1) is 0 Å². The average molecular weight is 269 g/mol. The number of allylic oxidation sites excluding steroid dienone is 1. The number of rotatable bonds is 2. The summed E-state index contributed by atoms with van der Waals surface area (Å²) < 4.78 is 37.4. The van der Waals surface area contributed by atoms with E-state index in [-0.39, 0.29) is 6.04 Å². The number of alkyl halides is 3. The summed E-state index contributed by atoms with van der Waals surface area (Å²) in [5, 5.41) is 0. The van der Waals surface area contributed by atoms with Crippen LogP contribution in [0.2, 0.25) is 0 Å². The standard InChI is InChI=1S/C15H18F3N/c16-15(17,18)13-7-5-11(6-8-13)9-12-3-1-2-4-14(19)10-12/h5-8,10,14H,1-4,9,19H2. The summed E-state index contributed by atoms with van der Waals surface area (Å²) in [5.41, 5.74) is 7.49. The van der Waals surface area contributed by atoms with E-state index in [2.05, 4.69) is 6.08 Å². The van der Waals surface area contributed by atoms with E-state index >= 15 is 0 Å². The van der Waals surface area contributed by atoms with E-state index in [9.17, 15) is 13.2 Å². The van der Waals surface area contributed by atoms with Crippen LogP contribution in [-0.2, 0) is 12.6 Å². The van der Waals surface area contributed by atoms with Crippen LogP contribution in [0.3, 0.4) is 0 Å². The summed E-state index contributed by atoms with van der Waals surface area (Å²) >= 11 is 0. The Bertz CT molecular complexity index is 445. The summed E-state index contributed by atoms with van der Waals surface area (Å²) in [6.07, 6.45) is 2.73. The Morgan fingerprint density at radius 3 is 2.42 bits per heavy atom. The van der Waals surface area contributed by atoms with Crippen molar-refractivity contribution in [2.24, 2.45) is 5.73 Å². The fourth-order valence-corrected chi connectivity index (χ4v) is 2.42. The molecule has 1 aliphatic rings. The highest BCUT2D eigenvalue weighted by Gasteiger charge is 2.29. The molecule has 104 valence electrons. The Labute approximate surface area is 111 Å². The molecule has 1 unspecified atom stereocenters. The second kappa shape index (κ2) is 5.78. The molecule has 0 saturated heterocycles. The normalized spacial score (nSPS) is 20.8. The van der Waals surface area contributed by atoms with E-state index < -0.39 is 11.7 Å². The third-order valence-electron chi connectivity index (χ3n) is 3.45. The fraction of sp³-hybridized carbons (Fsp3) is 0.467. The first kappa shape index (κ1) is 14.1. The molecule has 1 aliphatic carbocycles. The second-order valence-electron chi connectivity index (χ2n) is 5.11. The summed E-state index contributed by atoms with van der Waals surface area (Å²) in [6, 6.07) is 5.49. The Hall–Kier alpha value is -1.29. The number of benzene rings is 1. The first-order valence-corrected chi connectivity index (χ1v) is 6.56. The molecule has 0 heterocycles. The number of nitrogens with two attached hydrogens (primary N) is 1. The van der Waals surface area contributed by atoms with Crippen molar-refractivity contribution in [2.75, 3.05) is 0 Å². The molecule has 19 heavy (non-hydrogen) atoms. The molecule has 0 radical (unpaired) electrons. The predicted octanol–water partition coefficient (Wildman–Crippen LogP) is 4.08. The van der Waals surface area contributed by atoms with Gasteiger partial charge in [0.25, 0.3) is 0 Å². The Morgan fingerprint density at radius 2 is 1.79 bits per heavy atom. The molecule has 0 aliphatic heterocycles. The maximum absolute atomic E-state index is 12.5. The molecule has 0 bridgehead atoms. The number of halogens is 3. The van der Waals surface area contributed by atoms with Crippen LogP contribution in [0.1, 0.15) is 36.8 Å². The van der Waals surface area contributed by atoms with Crippen LogP contribution in [0.4, 0.5) is 13.2 Å². The molecule has 0 fully saturated rings. The van der Waals surface area contributed by atoms with Crippen LogP contribution in [0.25, 0.3) is 0 Å². The lowest BCUT2D eigenvalue weighted by molar-refractivity contribution is -0.137. The van der Waals surface area contributed by atoms with Crippen LogP contribution < -0.4 is 5.73 Å². The molecule has 2 rings (SSSR count). The Balaban J connectivity index is 2.07. The summed E-state index contributed by atoms with van der Waals surface area (Å²) in [4.78, 5) is 0. The van der Waals surface area contributed by atoms with Crippen molar-refractivity contribution < 1.29 is 13.2 Å². The molecule has 0 saturated carbocycles. The molecule has 2 N–H and O–H groups in total. The van der Waals surface area contributed by atoms with Crippen LogP contribution in [0.15, 0.2) is 35.9 Å². The number of hydrogen-bond donors (Lipinski definition) is 1. The Morgan fingerprint density at radius 1 is 1.11 bits per heavy atom. The quantitative estimate of drug-likeness (QED) is 0.804. The Kier molecular flexibility index (Phi) is 4.30. The van der Waals surface area contributed by atoms with E-state index in [0.717, 1.165) is 43.4 Å². The van der Waals surface area contributed by atoms with Gasteiger partial charge in [-0.05, 0) is 43.4 Å². The zero-order chi connectivity index (χ0) is 13.9. The SMILES string of the molecule is NC1C=C(Cc2ccc(C(F)(F)F)cc2)CCCC1. The zero-order valence-electron chi connectivity index (χ0n) is 10.7. The van der Waals surface area contributed by atoms with Gasteiger partial charge in [-0.25, -0.2) is 0 Å². The molecule has 1 nitrogen and oxygen atoms in total. The van der Waals surface area contributed by atoms with Crippen molar-refractivity contribution in [3.63, 3.8) is 0 Å². The lowest BCUT2D eigenvalue weighted by atomic mass is 10.00. The maximum Gasteiger partial charge on any atom is 0.416 e. The summed E-state index contributed by atoms with van der Waals surface area (Å²) in [5.74, 6) is 0. The minimum atomic E-state index is -4.26. The van der Waals surface area contributed by atoms with Gasteiger partial charge in [0.2, 0.25) is 0 Å². The highest BCUT2D eigenvalue weighted by molar-refractivity contribution is 5.28. The predicted molar refractivity (Wildman–Crippen MR) is 69.7 cm³/mol.